The molecule has 0 bridgehead atoms. The molecular weight excluding hydrogens is 288 g/mol. The first-order valence-electron chi connectivity index (χ1n) is 8.04. The van der Waals surface area contributed by atoms with Crippen LogP contribution >= 0.6 is 0 Å². The normalized spacial score (nSPS) is 15.9. The van der Waals surface area contributed by atoms with Crippen LogP contribution in [0.3, 0.4) is 0 Å². The zero-order chi connectivity index (χ0) is 15.6. The number of nitrogens with one attached hydrogen (secondary N) is 3. The van der Waals surface area contributed by atoms with Crippen molar-refractivity contribution in [3.63, 3.8) is 0 Å². The van der Waals surface area contributed by atoms with Gasteiger partial charge in [-0.2, -0.15) is 0 Å². The minimum absolute atomic E-state index is 0.464. The summed E-state index contributed by atoms with van der Waals surface area (Å²) in [5.74, 6) is 0.838. The molecule has 0 atom stereocenters. The molecule has 0 aliphatic carbocycles. The number of aromatic amines is 1. The number of piperidine rings is 1. The molecule has 1 aliphatic heterocycles. The van der Waals surface area contributed by atoms with Crippen molar-refractivity contribution in [2.24, 2.45) is 0 Å². The number of pyridine rings is 1. The quantitative estimate of drug-likeness (QED) is 0.693. The Bertz CT molecular complexity index is 802. The van der Waals surface area contributed by atoms with Crippen molar-refractivity contribution in [1.29, 1.82) is 0 Å². The Kier molecular flexibility index (Phi) is 3.67. The van der Waals surface area contributed by atoms with Gasteiger partial charge in [0.2, 0.25) is 0 Å². The van der Waals surface area contributed by atoms with Crippen LogP contribution in [0.4, 0.5) is 5.82 Å². The topological polar surface area (TPSA) is 78.5 Å². The second-order valence-electron chi connectivity index (χ2n) is 6.01. The predicted molar refractivity (Wildman–Crippen MR) is 91.4 cm³/mol. The Hall–Kier alpha value is -2.47. The lowest BCUT2D eigenvalue weighted by atomic mass is 10.1. The van der Waals surface area contributed by atoms with Crippen LogP contribution in [0.1, 0.15) is 18.5 Å². The maximum atomic E-state index is 4.78. The van der Waals surface area contributed by atoms with Crippen molar-refractivity contribution in [1.82, 2.24) is 25.3 Å². The SMILES string of the molecule is Cc1ccc(-c2c[nH]c3ncc(NC4CCNCC4)nc23)cn1. The van der Waals surface area contributed by atoms with E-state index in [-0.39, 0.29) is 0 Å². The predicted octanol–water partition coefficient (Wildman–Crippen LogP) is 2.49. The zero-order valence-corrected chi connectivity index (χ0v) is 13.1. The Morgan fingerprint density at radius 1 is 1.13 bits per heavy atom. The van der Waals surface area contributed by atoms with Crippen LogP contribution in [0.2, 0.25) is 0 Å². The van der Waals surface area contributed by atoms with E-state index in [1.807, 2.05) is 25.4 Å². The van der Waals surface area contributed by atoms with Gasteiger partial charge in [-0.05, 0) is 38.9 Å². The number of H-pyrrole nitrogens is 1. The average molecular weight is 308 g/mol. The van der Waals surface area contributed by atoms with Gasteiger partial charge in [0.25, 0.3) is 0 Å². The van der Waals surface area contributed by atoms with Gasteiger partial charge in [0.15, 0.2) is 5.65 Å². The molecular formula is C17H20N6. The zero-order valence-electron chi connectivity index (χ0n) is 13.1. The van der Waals surface area contributed by atoms with E-state index in [9.17, 15) is 0 Å². The van der Waals surface area contributed by atoms with E-state index in [1.54, 1.807) is 6.20 Å². The minimum Gasteiger partial charge on any atom is -0.366 e. The molecule has 6 heteroatoms. The lowest BCUT2D eigenvalue weighted by molar-refractivity contribution is 0.478. The molecule has 3 aromatic rings. The van der Waals surface area contributed by atoms with Crippen LogP contribution in [-0.4, -0.2) is 39.1 Å². The number of aromatic nitrogens is 4. The summed E-state index contributed by atoms with van der Waals surface area (Å²) in [4.78, 5) is 16.8. The first-order valence-corrected chi connectivity index (χ1v) is 8.04. The van der Waals surface area contributed by atoms with Crippen LogP contribution in [0.25, 0.3) is 22.3 Å². The van der Waals surface area contributed by atoms with Crippen molar-refractivity contribution in [2.45, 2.75) is 25.8 Å². The smallest absolute Gasteiger partial charge is 0.156 e. The highest BCUT2D eigenvalue weighted by Gasteiger charge is 2.15. The van der Waals surface area contributed by atoms with Crippen molar-refractivity contribution in [3.8, 4) is 11.1 Å². The summed E-state index contributed by atoms with van der Waals surface area (Å²) < 4.78 is 0. The average Bonchev–Trinajstić information content (AvgIpc) is 3.00. The van der Waals surface area contributed by atoms with Gasteiger partial charge in [0, 0.05) is 35.3 Å². The first-order chi connectivity index (χ1) is 11.3. The highest BCUT2D eigenvalue weighted by molar-refractivity contribution is 5.90. The standard InChI is InChI=1S/C17H20N6/c1-11-2-3-12(8-19-11)14-9-20-17-16(14)23-15(10-21-17)22-13-4-6-18-7-5-13/h2-3,8-10,13,18H,4-7H2,1H3,(H,20,21)(H,22,23). The molecule has 3 N–H and O–H groups in total. The van der Waals surface area contributed by atoms with E-state index in [1.165, 1.54) is 0 Å². The minimum atomic E-state index is 0.464. The van der Waals surface area contributed by atoms with E-state index in [0.717, 1.165) is 59.7 Å². The second kappa shape index (κ2) is 5.96. The van der Waals surface area contributed by atoms with E-state index in [4.69, 9.17) is 4.98 Å². The summed E-state index contributed by atoms with van der Waals surface area (Å²) >= 11 is 0. The number of hydrogen-bond donors (Lipinski definition) is 3. The molecule has 6 nitrogen and oxygen atoms in total. The molecule has 23 heavy (non-hydrogen) atoms. The van der Waals surface area contributed by atoms with Gasteiger partial charge in [-0.25, -0.2) is 9.97 Å². The van der Waals surface area contributed by atoms with E-state index in [0.29, 0.717) is 6.04 Å². The Balaban J connectivity index is 1.66. The molecule has 118 valence electrons. The molecule has 3 aromatic heterocycles. The molecule has 4 rings (SSSR count). The largest absolute Gasteiger partial charge is 0.366 e. The van der Waals surface area contributed by atoms with Crippen molar-refractivity contribution >= 4 is 17.0 Å². The Labute approximate surface area is 134 Å². The monoisotopic (exact) mass is 308 g/mol. The fourth-order valence-corrected chi connectivity index (χ4v) is 2.98. The van der Waals surface area contributed by atoms with Crippen molar-refractivity contribution < 1.29 is 0 Å². The third-order valence-electron chi connectivity index (χ3n) is 4.29. The van der Waals surface area contributed by atoms with E-state index in [2.05, 4.69) is 31.7 Å². The van der Waals surface area contributed by atoms with E-state index < -0.39 is 0 Å². The third kappa shape index (κ3) is 2.90. The third-order valence-corrected chi connectivity index (χ3v) is 4.29. The molecule has 1 fully saturated rings. The molecule has 0 saturated carbocycles. The summed E-state index contributed by atoms with van der Waals surface area (Å²) in [7, 11) is 0. The number of hydrogen-bond acceptors (Lipinski definition) is 5. The number of anilines is 1. The summed E-state index contributed by atoms with van der Waals surface area (Å²) in [6, 6.07) is 4.55. The maximum absolute atomic E-state index is 4.78. The van der Waals surface area contributed by atoms with Gasteiger partial charge in [0.05, 0.1) is 6.20 Å². The van der Waals surface area contributed by atoms with Gasteiger partial charge in [-0.1, -0.05) is 6.07 Å². The van der Waals surface area contributed by atoms with Gasteiger partial charge in [-0.3, -0.25) is 4.98 Å². The second-order valence-corrected chi connectivity index (χ2v) is 6.01. The molecule has 0 radical (unpaired) electrons. The van der Waals surface area contributed by atoms with Crippen LogP contribution < -0.4 is 10.6 Å². The molecule has 0 aromatic carbocycles. The summed E-state index contributed by atoms with van der Waals surface area (Å²) in [6.45, 7) is 4.09. The van der Waals surface area contributed by atoms with Crippen LogP contribution in [0, 0.1) is 6.92 Å². The maximum Gasteiger partial charge on any atom is 0.156 e. The van der Waals surface area contributed by atoms with Crippen molar-refractivity contribution in [2.75, 3.05) is 18.4 Å². The van der Waals surface area contributed by atoms with Crippen LogP contribution in [0.15, 0.2) is 30.7 Å². The van der Waals surface area contributed by atoms with Crippen molar-refractivity contribution in [3.05, 3.63) is 36.4 Å². The number of nitrogens with zero attached hydrogens (tertiary/aromatic N) is 3. The number of fused-ring (bicyclic) bond motifs is 1. The summed E-state index contributed by atoms with van der Waals surface area (Å²) in [5.41, 5.74) is 4.78. The lowest BCUT2D eigenvalue weighted by Gasteiger charge is -2.23. The van der Waals surface area contributed by atoms with Crippen LogP contribution in [0.5, 0.6) is 0 Å². The molecule has 0 amide bonds. The molecule has 1 saturated heterocycles. The first kappa shape index (κ1) is 14.1. The van der Waals surface area contributed by atoms with Gasteiger partial charge in [-0.15, -0.1) is 0 Å². The molecule has 0 spiro atoms. The fourth-order valence-electron chi connectivity index (χ4n) is 2.98. The molecule has 4 heterocycles. The fraction of sp³-hybridized carbons (Fsp3) is 0.353. The number of aryl methyl sites for hydroxylation is 1. The highest BCUT2D eigenvalue weighted by Crippen LogP contribution is 2.27. The summed E-state index contributed by atoms with van der Waals surface area (Å²) in [6.07, 6.45) is 7.86. The van der Waals surface area contributed by atoms with Gasteiger partial charge >= 0.3 is 0 Å². The summed E-state index contributed by atoms with van der Waals surface area (Å²) in [5, 5.41) is 6.88. The Morgan fingerprint density at radius 2 is 2.00 bits per heavy atom. The van der Waals surface area contributed by atoms with Crippen LogP contribution in [-0.2, 0) is 0 Å². The van der Waals surface area contributed by atoms with E-state index >= 15 is 0 Å². The molecule has 0 unspecified atom stereocenters. The molecule has 1 aliphatic rings. The Morgan fingerprint density at radius 3 is 2.78 bits per heavy atom. The van der Waals surface area contributed by atoms with Gasteiger partial charge in [0.1, 0.15) is 11.3 Å². The lowest BCUT2D eigenvalue weighted by Crippen LogP contribution is -2.35. The highest BCUT2D eigenvalue weighted by atomic mass is 15.1. The number of rotatable bonds is 3. The van der Waals surface area contributed by atoms with Gasteiger partial charge < -0.3 is 15.6 Å².